The molecule has 1 aliphatic carbocycles. The van der Waals surface area contributed by atoms with Crippen LogP contribution in [0.5, 0.6) is 5.75 Å². The maximum atomic E-state index is 15.3. The number of carboxylic acids is 1. The van der Waals surface area contributed by atoms with E-state index in [9.17, 15) is 19.5 Å². The minimum absolute atomic E-state index is 0.0599. The molecule has 6 rings (SSSR count). The number of benzene rings is 1. The number of nitrogens with one attached hydrogen (secondary N) is 2. The number of piperidine rings is 1. The monoisotopic (exact) mass is 503 g/mol. The Balaban J connectivity index is 0.000000330. The molecule has 0 radical (unpaired) electrons. The van der Waals surface area contributed by atoms with Gasteiger partial charge < -0.3 is 30.4 Å². The molecule has 0 spiro atoms. The summed E-state index contributed by atoms with van der Waals surface area (Å²) in [4.78, 5) is 41.0. The number of carbonyl (C=O) groups is 2. The number of carbonyl (C=O) groups excluding carboxylic acids is 1. The second-order valence-electron chi connectivity index (χ2n) is 9.70. The molecule has 4 heterocycles. The number of hydrogen-bond donors (Lipinski definition) is 4. The number of rotatable bonds is 4. The van der Waals surface area contributed by atoms with Crippen LogP contribution in [0.25, 0.3) is 10.9 Å². The van der Waals surface area contributed by atoms with Crippen molar-refractivity contribution in [3.05, 3.63) is 33.9 Å². The lowest BCUT2D eigenvalue weighted by Gasteiger charge is -2.25. The van der Waals surface area contributed by atoms with Crippen molar-refractivity contribution in [1.29, 1.82) is 0 Å². The Labute approximate surface area is 206 Å². The molecule has 12 heteroatoms. The summed E-state index contributed by atoms with van der Waals surface area (Å²) in [6.07, 6.45) is 5.40. The lowest BCUT2D eigenvalue weighted by atomic mass is 9.94. The van der Waals surface area contributed by atoms with Crippen LogP contribution < -0.4 is 31.6 Å². The minimum Gasteiger partial charge on any atom is -0.492 e. The average Bonchev–Trinajstić information content (AvgIpc) is 3.51. The quantitative estimate of drug-likeness (QED) is 0.474. The summed E-state index contributed by atoms with van der Waals surface area (Å²) in [5.41, 5.74) is 7.09. The molecule has 1 amide bonds. The van der Waals surface area contributed by atoms with Crippen LogP contribution >= 0.6 is 0 Å². The number of pyridine rings is 1. The van der Waals surface area contributed by atoms with Crippen LogP contribution in [0.2, 0.25) is 0 Å². The van der Waals surface area contributed by atoms with Gasteiger partial charge in [-0.3, -0.25) is 14.4 Å². The normalized spacial score (nSPS) is 25.2. The van der Waals surface area contributed by atoms with E-state index in [0.717, 1.165) is 38.8 Å². The van der Waals surface area contributed by atoms with Crippen molar-refractivity contribution in [2.75, 3.05) is 38.3 Å². The topological polar surface area (TPSA) is 148 Å². The number of aromatic carboxylic acids is 1. The Morgan fingerprint density at radius 3 is 2.61 bits per heavy atom. The highest BCUT2D eigenvalue weighted by atomic mass is 19.1. The number of anilines is 1. The summed E-state index contributed by atoms with van der Waals surface area (Å²) in [7, 11) is 1.48. The number of halogens is 1. The van der Waals surface area contributed by atoms with E-state index in [1.165, 1.54) is 19.4 Å². The second kappa shape index (κ2) is 9.68. The molecule has 0 unspecified atom stereocenters. The SMILES string of the molecule is COc1c(N2C[C@@H]3CCCN[C@@H]3C2)c(F)cc2c(=O)c(C(=O)O)cn(C3CC3)c12.N[C@@H]1CONC1=O. The smallest absolute Gasteiger partial charge is 0.341 e. The molecule has 3 aliphatic heterocycles. The number of hydroxylamine groups is 1. The third kappa shape index (κ3) is 4.40. The molecule has 1 aromatic carbocycles. The van der Waals surface area contributed by atoms with Crippen LogP contribution in [-0.2, 0) is 9.63 Å². The van der Waals surface area contributed by atoms with Crippen molar-refractivity contribution in [3.63, 3.8) is 0 Å². The molecule has 3 saturated heterocycles. The number of methoxy groups -OCH3 is 1. The Bertz CT molecular complexity index is 1250. The summed E-state index contributed by atoms with van der Waals surface area (Å²) in [6.45, 7) is 2.69. The molecule has 4 aliphatic rings. The van der Waals surface area contributed by atoms with E-state index < -0.39 is 23.3 Å². The van der Waals surface area contributed by atoms with Crippen LogP contribution in [0.4, 0.5) is 10.1 Å². The highest BCUT2D eigenvalue weighted by Gasteiger charge is 2.38. The van der Waals surface area contributed by atoms with Gasteiger partial charge in [0, 0.05) is 31.4 Å². The summed E-state index contributed by atoms with van der Waals surface area (Å²) < 4.78 is 22.8. The minimum atomic E-state index is -1.30. The van der Waals surface area contributed by atoms with E-state index >= 15 is 4.39 Å². The highest BCUT2D eigenvalue weighted by molar-refractivity contribution is 5.97. The molecule has 36 heavy (non-hydrogen) atoms. The molecular formula is C24H30FN5O6. The van der Waals surface area contributed by atoms with Crippen molar-refractivity contribution >= 4 is 28.5 Å². The summed E-state index contributed by atoms with van der Waals surface area (Å²) >= 11 is 0. The van der Waals surface area contributed by atoms with Gasteiger partial charge in [0.25, 0.3) is 5.91 Å². The molecule has 1 aromatic heterocycles. The zero-order valence-corrected chi connectivity index (χ0v) is 20.0. The number of nitrogens with two attached hydrogens (primary N) is 1. The Kier molecular flexibility index (Phi) is 6.58. The van der Waals surface area contributed by atoms with Crippen LogP contribution in [0, 0.1) is 11.7 Å². The fourth-order valence-corrected chi connectivity index (χ4v) is 5.31. The predicted octanol–water partition coefficient (Wildman–Crippen LogP) is 0.746. The number of nitrogens with zero attached hydrogens (tertiary/aromatic N) is 2. The molecule has 5 N–H and O–H groups in total. The molecule has 4 fully saturated rings. The largest absolute Gasteiger partial charge is 0.492 e. The fraction of sp³-hybridized carbons (Fsp3) is 0.542. The van der Waals surface area contributed by atoms with Crippen molar-refractivity contribution in [2.24, 2.45) is 11.7 Å². The van der Waals surface area contributed by atoms with Crippen LogP contribution in [0.3, 0.4) is 0 Å². The van der Waals surface area contributed by atoms with Crippen LogP contribution in [-0.4, -0.2) is 67.0 Å². The van der Waals surface area contributed by atoms with Crippen LogP contribution in [0.15, 0.2) is 17.1 Å². The first-order chi connectivity index (χ1) is 17.3. The highest BCUT2D eigenvalue weighted by Crippen LogP contribution is 2.45. The van der Waals surface area contributed by atoms with Gasteiger partial charge in [-0.2, -0.15) is 0 Å². The molecular weight excluding hydrogens is 473 g/mol. The van der Waals surface area contributed by atoms with E-state index in [2.05, 4.69) is 15.6 Å². The molecule has 3 atom stereocenters. The summed E-state index contributed by atoms with van der Waals surface area (Å²) in [5, 5.41) is 13.0. The number of hydrogen-bond acceptors (Lipinski definition) is 8. The van der Waals surface area contributed by atoms with E-state index in [0.29, 0.717) is 42.1 Å². The molecule has 11 nitrogen and oxygen atoms in total. The Hall–Kier alpha value is -3.22. The molecule has 1 saturated carbocycles. The van der Waals surface area contributed by atoms with Crippen LogP contribution in [0.1, 0.15) is 42.1 Å². The van der Waals surface area contributed by atoms with Gasteiger partial charge in [-0.15, -0.1) is 0 Å². The van der Waals surface area contributed by atoms with Gasteiger partial charge >= 0.3 is 5.97 Å². The van der Waals surface area contributed by atoms with Crippen molar-refractivity contribution in [3.8, 4) is 5.75 Å². The van der Waals surface area contributed by atoms with Gasteiger partial charge in [0.1, 0.15) is 17.3 Å². The fourth-order valence-electron chi connectivity index (χ4n) is 5.31. The molecule has 0 bridgehead atoms. The number of carboxylic acid groups (broad SMARTS) is 1. The third-order valence-electron chi connectivity index (χ3n) is 7.26. The van der Waals surface area contributed by atoms with Gasteiger partial charge in [-0.25, -0.2) is 14.7 Å². The number of amides is 1. The van der Waals surface area contributed by atoms with Crippen molar-refractivity contribution < 1.29 is 28.7 Å². The van der Waals surface area contributed by atoms with Gasteiger partial charge in [0.05, 0.1) is 24.6 Å². The summed E-state index contributed by atoms with van der Waals surface area (Å²) in [5.74, 6) is -1.30. The first-order valence-electron chi connectivity index (χ1n) is 12.1. The zero-order chi connectivity index (χ0) is 25.6. The predicted molar refractivity (Wildman–Crippen MR) is 129 cm³/mol. The first kappa shape index (κ1) is 24.5. The zero-order valence-electron chi connectivity index (χ0n) is 20.0. The lowest BCUT2D eigenvalue weighted by molar-refractivity contribution is -0.124. The van der Waals surface area contributed by atoms with Gasteiger partial charge in [-0.05, 0) is 44.2 Å². The maximum absolute atomic E-state index is 15.3. The molecule has 2 aromatic rings. The van der Waals surface area contributed by atoms with Gasteiger partial charge in [-0.1, -0.05) is 0 Å². The van der Waals surface area contributed by atoms with Crippen molar-refractivity contribution in [2.45, 2.75) is 43.8 Å². The third-order valence-corrected chi connectivity index (χ3v) is 7.26. The summed E-state index contributed by atoms with van der Waals surface area (Å²) in [6, 6.07) is 1.16. The first-order valence-corrected chi connectivity index (χ1v) is 12.1. The standard InChI is InChI=1S/C21H24FN3O4.C3H6N2O2/c1-29-20-17-13(19(26)14(21(27)28)9-25(17)12-4-5-12)7-15(22)18(20)24-8-11-3-2-6-23-16(11)10-24;4-2-1-7-5-3(2)6/h7,9,11-12,16,23H,2-6,8,10H2,1H3,(H,27,28);2H,1,4H2,(H,5,6)/t11-,16+;2-/m01/s1. The van der Waals surface area contributed by atoms with E-state index in [1.54, 1.807) is 4.57 Å². The number of ether oxygens (including phenoxy) is 1. The van der Waals surface area contributed by atoms with E-state index in [-0.39, 0.29) is 22.9 Å². The van der Waals surface area contributed by atoms with Gasteiger partial charge in [0.2, 0.25) is 5.43 Å². The number of fused-ring (bicyclic) bond motifs is 2. The second-order valence-corrected chi connectivity index (χ2v) is 9.70. The number of aromatic nitrogens is 1. The Morgan fingerprint density at radius 1 is 1.28 bits per heavy atom. The Morgan fingerprint density at radius 2 is 2.06 bits per heavy atom. The van der Waals surface area contributed by atoms with Gasteiger partial charge in [0.15, 0.2) is 11.6 Å². The van der Waals surface area contributed by atoms with E-state index in [1.807, 2.05) is 4.90 Å². The van der Waals surface area contributed by atoms with Crippen molar-refractivity contribution in [1.82, 2.24) is 15.4 Å². The average molecular weight is 504 g/mol. The maximum Gasteiger partial charge on any atom is 0.341 e. The molecule has 194 valence electrons. The lowest BCUT2D eigenvalue weighted by Crippen LogP contribution is -2.40. The van der Waals surface area contributed by atoms with E-state index in [4.69, 9.17) is 10.5 Å².